The minimum absolute atomic E-state index is 0.125. The summed E-state index contributed by atoms with van der Waals surface area (Å²) >= 11 is 0. The lowest BCUT2D eigenvalue weighted by Gasteiger charge is -2.20. The Bertz CT molecular complexity index is 862. The second-order valence-electron chi connectivity index (χ2n) is 6.56. The van der Waals surface area contributed by atoms with Gasteiger partial charge in [-0.3, -0.25) is 9.10 Å². The number of nitrogens with one attached hydrogen (secondary N) is 1. The fourth-order valence-electron chi connectivity index (χ4n) is 2.80. The Morgan fingerprint density at radius 2 is 1.68 bits per heavy atom. The zero-order valence-corrected chi connectivity index (χ0v) is 17.5. The van der Waals surface area contributed by atoms with Crippen molar-refractivity contribution in [2.24, 2.45) is 0 Å². The topological polar surface area (TPSA) is 75.7 Å². The Labute approximate surface area is 167 Å². The van der Waals surface area contributed by atoms with E-state index in [0.29, 0.717) is 18.0 Å². The summed E-state index contributed by atoms with van der Waals surface area (Å²) in [6, 6.07) is 14.4. The lowest BCUT2D eigenvalue weighted by molar-refractivity contribution is -0.118. The van der Waals surface area contributed by atoms with E-state index in [9.17, 15) is 13.2 Å². The van der Waals surface area contributed by atoms with Crippen LogP contribution in [0.1, 0.15) is 32.3 Å². The van der Waals surface area contributed by atoms with E-state index in [0.717, 1.165) is 24.9 Å². The Morgan fingerprint density at radius 1 is 1.04 bits per heavy atom. The molecule has 0 radical (unpaired) electrons. The molecule has 1 amide bonds. The van der Waals surface area contributed by atoms with Gasteiger partial charge in [0.15, 0.2) is 6.61 Å². The molecule has 0 unspecified atom stereocenters. The number of carbonyl (C=O) groups excluding carboxylic acids is 1. The van der Waals surface area contributed by atoms with Crippen molar-refractivity contribution in [1.82, 2.24) is 0 Å². The van der Waals surface area contributed by atoms with Crippen molar-refractivity contribution in [2.75, 3.05) is 29.0 Å². The van der Waals surface area contributed by atoms with Crippen molar-refractivity contribution in [2.45, 2.75) is 33.1 Å². The van der Waals surface area contributed by atoms with Crippen molar-refractivity contribution in [1.29, 1.82) is 0 Å². The molecule has 0 saturated carbocycles. The van der Waals surface area contributed by atoms with E-state index in [1.807, 2.05) is 24.3 Å². The number of unbranched alkanes of at least 4 members (excludes halogenated alkanes) is 1. The average molecular weight is 405 g/mol. The minimum Gasteiger partial charge on any atom is -0.484 e. The number of hydrogen-bond acceptors (Lipinski definition) is 4. The quantitative estimate of drug-likeness (QED) is 0.653. The van der Waals surface area contributed by atoms with Crippen LogP contribution in [-0.4, -0.2) is 33.7 Å². The number of aryl methyl sites for hydroxylation is 1. The van der Waals surface area contributed by atoms with Gasteiger partial charge < -0.3 is 10.1 Å². The van der Waals surface area contributed by atoms with Crippen molar-refractivity contribution >= 4 is 27.3 Å². The van der Waals surface area contributed by atoms with Gasteiger partial charge in [0.2, 0.25) is 10.0 Å². The molecule has 0 aliphatic carbocycles. The maximum absolute atomic E-state index is 12.1. The van der Waals surface area contributed by atoms with Gasteiger partial charge in [0.05, 0.1) is 11.9 Å². The first-order chi connectivity index (χ1) is 13.3. The molecule has 0 aliphatic rings. The third kappa shape index (κ3) is 6.56. The number of rotatable bonds is 10. The Kier molecular flexibility index (Phi) is 7.87. The smallest absolute Gasteiger partial charge is 0.262 e. The second kappa shape index (κ2) is 10.1. The molecule has 0 bridgehead atoms. The number of ether oxygens (including phenoxy) is 1. The summed E-state index contributed by atoms with van der Waals surface area (Å²) in [6.45, 7) is 4.15. The van der Waals surface area contributed by atoms with E-state index in [2.05, 4.69) is 12.2 Å². The first-order valence-electron chi connectivity index (χ1n) is 9.42. The predicted molar refractivity (Wildman–Crippen MR) is 113 cm³/mol. The highest BCUT2D eigenvalue weighted by atomic mass is 32.2. The fourth-order valence-corrected chi connectivity index (χ4v) is 3.77. The van der Waals surface area contributed by atoms with Gasteiger partial charge in [-0.1, -0.05) is 25.5 Å². The Hall–Kier alpha value is -2.54. The SMILES string of the molecule is CCCCc1ccc(NC(=O)COc2ccc(N(CC)S(C)(=O)=O)cc2)cc1. The fraction of sp³-hybridized carbons (Fsp3) is 0.381. The molecule has 1 N–H and O–H groups in total. The van der Waals surface area contributed by atoms with Crippen LogP contribution in [0.2, 0.25) is 0 Å². The molecule has 0 fully saturated rings. The molecule has 6 nitrogen and oxygen atoms in total. The van der Waals surface area contributed by atoms with Crippen LogP contribution < -0.4 is 14.4 Å². The molecular weight excluding hydrogens is 376 g/mol. The van der Waals surface area contributed by atoms with E-state index < -0.39 is 10.0 Å². The first kappa shape index (κ1) is 21.8. The Balaban J connectivity index is 1.87. The zero-order valence-electron chi connectivity index (χ0n) is 16.6. The van der Waals surface area contributed by atoms with E-state index >= 15 is 0 Å². The van der Waals surface area contributed by atoms with Crippen LogP contribution in [0.25, 0.3) is 0 Å². The maximum atomic E-state index is 12.1. The molecule has 2 aromatic carbocycles. The molecule has 0 spiro atoms. The summed E-state index contributed by atoms with van der Waals surface area (Å²) in [6.07, 6.45) is 4.51. The molecule has 0 aliphatic heterocycles. The van der Waals surface area contributed by atoms with Crippen molar-refractivity contribution in [3.05, 3.63) is 54.1 Å². The van der Waals surface area contributed by atoms with Gasteiger partial charge >= 0.3 is 0 Å². The average Bonchev–Trinajstić information content (AvgIpc) is 2.66. The van der Waals surface area contributed by atoms with Crippen LogP contribution in [0.15, 0.2) is 48.5 Å². The number of anilines is 2. The van der Waals surface area contributed by atoms with Crippen LogP contribution >= 0.6 is 0 Å². The summed E-state index contributed by atoms with van der Waals surface area (Å²) in [7, 11) is -3.32. The summed E-state index contributed by atoms with van der Waals surface area (Å²) < 4.78 is 30.3. The molecule has 0 aromatic heterocycles. The number of benzene rings is 2. The van der Waals surface area contributed by atoms with Gasteiger partial charge in [0, 0.05) is 12.2 Å². The first-order valence-corrected chi connectivity index (χ1v) is 11.3. The zero-order chi connectivity index (χ0) is 20.6. The van der Waals surface area contributed by atoms with Gasteiger partial charge in [0.25, 0.3) is 5.91 Å². The minimum atomic E-state index is -3.32. The lowest BCUT2D eigenvalue weighted by Crippen LogP contribution is -2.29. The van der Waals surface area contributed by atoms with Crippen LogP contribution in [0, 0.1) is 0 Å². The maximum Gasteiger partial charge on any atom is 0.262 e. The van der Waals surface area contributed by atoms with E-state index in [4.69, 9.17) is 4.74 Å². The van der Waals surface area contributed by atoms with Crippen LogP contribution in [0.4, 0.5) is 11.4 Å². The van der Waals surface area contributed by atoms with Crippen molar-refractivity contribution < 1.29 is 17.9 Å². The van der Waals surface area contributed by atoms with Crippen molar-refractivity contribution in [3.63, 3.8) is 0 Å². The highest BCUT2D eigenvalue weighted by Gasteiger charge is 2.15. The molecule has 0 heterocycles. The molecular formula is C21H28N2O4S. The van der Waals surface area contributed by atoms with Crippen LogP contribution in [0.5, 0.6) is 5.75 Å². The van der Waals surface area contributed by atoms with Gasteiger partial charge in [-0.05, 0) is 61.7 Å². The molecule has 28 heavy (non-hydrogen) atoms. The molecule has 0 saturated heterocycles. The van der Waals surface area contributed by atoms with Gasteiger partial charge in [0.1, 0.15) is 5.75 Å². The highest BCUT2D eigenvalue weighted by Crippen LogP contribution is 2.21. The van der Waals surface area contributed by atoms with E-state index in [1.54, 1.807) is 31.2 Å². The van der Waals surface area contributed by atoms with E-state index in [1.165, 1.54) is 16.1 Å². The summed E-state index contributed by atoms with van der Waals surface area (Å²) in [5.74, 6) is 0.245. The third-order valence-electron chi connectivity index (χ3n) is 4.24. The van der Waals surface area contributed by atoms with Crippen LogP contribution in [-0.2, 0) is 21.2 Å². The summed E-state index contributed by atoms with van der Waals surface area (Å²) in [5.41, 5.74) is 2.55. The van der Waals surface area contributed by atoms with Crippen LogP contribution in [0.3, 0.4) is 0 Å². The molecule has 0 atom stereocenters. The van der Waals surface area contributed by atoms with Gasteiger partial charge in [-0.25, -0.2) is 8.42 Å². The Morgan fingerprint density at radius 3 is 2.21 bits per heavy atom. The lowest BCUT2D eigenvalue weighted by atomic mass is 10.1. The largest absolute Gasteiger partial charge is 0.484 e. The summed E-state index contributed by atoms with van der Waals surface area (Å²) in [5, 5.41) is 2.80. The van der Waals surface area contributed by atoms with Gasteiger partial charge in [-0.15, -0.1) is 0 Å². The number of hydrogen-bond donors (Lipinski definition) is 1. The molecule has 2 rings (SSSR count). The van der Waals surface area contributed by atoms with E-state index in [-0.39, 0.29) is 12.5 Å². The molecule has 7 heteroatoms. The molecule has 152 valence electrons. The monoisotopic (exact) mass is 404 g/mol. The standard InChI is InChI=1S/C21H28N2O4S/c1-4-6-7-17-8-10-18(11-9-17)22-21(24)16-27-20-14-12-19(13-15-20)23(5-2)28(3,25)26/h8-15H,4-7,16H2,1-3H3,(H,22,24). The normalized spacial score (nSPS) is 11.1. The number of carbonyl (C=O) groups is 1. The number of sulfonamides is 1. The predicted octanol–water partition coefficient (Wildman–Crippen LogP) is 3.83. The highest BCUT2D eigenvalue weighted by molar-refractivity contribution is 7.92. The van der Waals surface area contributed by atoms with Crippen molar-refractivity contribution in [3.8, 4) is 5.75 Å². The van der Waals surface area contributed by atoms with Gasteiger partial charge in [-0.2, -0.15) is 0 Å². The third-order valence-corrected chi connectivity index (χ3v) is 5.51. The summed E-state index contributed by atoms with van der Waals surface area (Å²) in [4.78, 5) is 12.1. The number of nitrogens with zero attached hydrogens (tertiary/aromatic N) is 1. The molecule has 2 aromatic rings. The number of amides is 1. The second-order valence-corrected chi connectivity index (χ2v) is 8.47.